The number of rotatable bonds is 6. The van der Waals surface area contributed by atoms with Crippen LogP contribution < -0.4 is 20.4 Å². The summed E-state index contributed by atoms with van der Waals surface area (Å²) in [5.41, 5.74) is 2.45. The van der Waals surface area contributed by atoms with Crippen molar-refractivity contribution in [3.8, 4) is 6.07 Å². The van der Waals surface area contributed by atoms with E-state index in [9.17, 15) is 14.9 Å². The molecular formula is C27H28FN9O2. The van der Waals surface area contributed by atoms with Crippen LogP contribution in [-0.4, -0.2) is 70.1 Å². The summed E-state index contributed by atoms with van der Waals surface area (Å²) < 4.78 is 15.6. The first-order valence-corrected chi connectivity index (χ1v) is 13.1. The number of aryl methyl sites for hydroxylation is 1. The van der Waals surface area contributed by atoms with Gasteiger partial charge in [-0.15, -0.1) is 0 Å². The van der Waals surface area contributed by atoms with Crippen LogP contribution >= 0.6 is 0 Å². The first-order valence-electron chi connectivity index (χ1n) is 13.1. The molecule has 11 nitrogen and oxygen atoms in total. The van der Waals surface area contributed by atoms with Crippen LogP contribution in [0.2, 0.25) is 0 Å². The molecule has 3 aliphatic rings. The van der Waals surface area contributed by atoms with Crippen LogP contribution in [0.4, 0.5) is 26.4 Å². The van der Waals surface area contributed by atoms with Gasteiger partial charge in [0.1, 0.15) is 23.4 Å². The molecule has 1 saturated carbocycles. The molecule has 3 amide bonds. The van der Waals surface area contributed by atoms with Crippen molar-refractivity contribution >= 4 is 40.0 Å². The second-order valence-corrected chi connectivity index (χ2v) is 10.2. The minimum atomic E-state index is -0.736. The predicted molar refractivity (Wildman–Crippen MR) is 143 cm³/mol. The van der Waals surface area contributed by atoms with Crippen LogP contribution in [0.25, 0.3) is 10.9 Å². The maximum Gasteiger partial charge on any atom is 0.327 e. The van der Waals surface area contributed by atoms with E-state index in [0.29, 0.717) is 80.1 Å². The Morgan fingerprint density at radius 2 is 2.00 bits per heavy atom. The monoisotopic (exact) mass is 529 g/mol. The van der Waals surface area contributed by atoms with Crippen molar-refractivity contribution in [3.05, 3.63) is 47.3 Å². The lowest BCUT2D eigenvalue weighted by Gasteiger charge is -2.37. The number of carbonyl (C=O) groups is 2. The number of hydrogen-bond donors (Lipinski definition) is 2. The third kappa shape index (κ3) is 4.38. The van der Waals surface area contributed by atoms with E-state index in [1.54, 1.807) is 12.1 Å². The highest BCUT2D eigenvalue weighted by atomic mass is 19.1. The van der Waals surface area contributed by atoms with Crippen LogP contribution in [0.3, 0.4) is 0 Å². The number of halogens is 1. The van der Waals surface area contributed by atoms with Gasteiger partial charge in [-0.1, -0.05) is 0 Å². The van der Waals surface area contributed by atoms with E-state index in [1.165, 1.54) is 11.2 Å². The lowest BCUT2D eigenvalue weighted by Crippen LogP contribution is -2.46. The Morgan fingerprint density at radius 1 is 1.23 bits per heavy atom. The number of hydrogen-bond acceptors (Lipinski definition) is 8. The smallest absolute Gasteiger partial charge is 0.327 e. The van der Waals surface area contributed by atoms with E-state index >= 15 is 4.39 Å². The lowest BCUT2D eigenvalue weighted by atomic mass is 10.1. The molecule has 0 atom stereocenters. The Bertz CT molecular complexity index is 1540. The SMILES string of the molecule is CCN1C(=O)Nc2c(F)c(CN3CCN(c4ccc(C(=O)NC5(C#N)CC5)nc4C)CC3)cc3ncnc1c23. The average Bonchev–Trinajstić information content (AvgIpc) is 3.71. The average molecular weight is 530 g/mol. The molecule has 2 aromatic heterocycles. The first-order chi connectivity index (χ1) is 18.8. The fourth-order valence-electron chi connectivity index (χ4n) is 5.31. The molecule has 0 radical (unpaired) electrons. The first kappa shape index (κ1) is 24.9. The van der Waals surface area contributed by atoms with E-state index in [2.05, 4.69) is 41.5 Å². The maximum absolute atomic E-state index is 15.6. The second-order valence-electron chi connectivity index (χ2n) is 10.2. The standard InChI is InChI=1S/C27H28FN9O2/c1-3-37-24-21-19(30-15-31-24)12-17(22(28)23(21)33-26(37)39)13-35-8-10-36(11-9-35)20-5-4-18(32-16(20)2)25(38)34-27(14-29)6-7-27/h4-5,12,15H,3,6-11,13H2,1-2H3,(H,33,39)(H,34,38). The van der Waals surface area contributed by atoms with Gasteiger partial charge in [0.05, 0.1) is 34.0 Å². The number of carbonyl (C=O) groups excluding carboxylic acids is 2. The van der Waals surface area contributed by atoms with Crippen LogP contribution in [-0.2, 0) is 6.54 Å². The number of aromatic nitrogens is 3. The summed E-state index contributed by atoms with van der Waals surface area (Å²) in [4.78, 5) is 44.0. The zero-order chi connectivity index (χ0) is 27.3. The Kier molecular flexibility index (Phi) is 6.03. The number of anilines is 3. The quantitative estimate of drug-likeness (QED) is 0.499. The van der Waals surface area contributed by atoms with Gasteiger partial charge >= 0.3 is 6.03 Å². The van der Waals surface area contributed by atoms with Gasteiger partial charge in [-0.25, -0.2) is 24.1 Å². The summed E-state index contributed by atoms with van der Waals surface area (Å²) in [7, 11) is 0. The molecule has 0 unspecified atom stereocenters. The number of benzene rings is 1. The summed E-state index contributed by atoms with van der Waals surface area (Å²) in [6.07, 6.45) is 2.74. The number of nitriles is 1. The zero-order valence-corrected chi connectivity index (χ0v) is 21.8. The molecular weight excluding hydrogens is 501 g/mol. The lowest BCUT2D eigenvalue weighted by molar-refractivity contribution is 0.0936. The zero-order valence-electron chi connectivity index (χ0n) is 21.8. The highest BCUT2D eigenvalue weighted by molar-refractivity contribution is 6.17. The number of urea groups is 1. The molecule has 2 fully saturated rings. The molecule has 12 heteroatoms. The molecule has 39 heavy (non-hydrogen) atoms. The van der Waals surface area contributed by atoms with Gasteiger partial charge in [-0.05, 0) is 44.9 Å². The summed E-state index contributed by atoms with van der Waals surface area (Å²) in [5.74, 6) is -0.366. The molecule has 3 aromatic rings. The Morgan fingerprint density at radius 3 is 2.67 bits per heavy atom. The number of pyridine rings is 1. The normalized spacial score (nSPS) is 18.1. The van der Waals surface area contributed by atoms with E-state index in [0.717, 1.165) is 11.4 Å². The number of piperazine rings is 1. The molecule has 0 spiro atoms. The number of nitrogens with zero attached hydrogens (tertiary/aromatic N) is 7. The Hall–Kier alpha value is -4.37. The van der Waals surface area contributed by atoms with Gasteiger partial charge in [-0.3, -0.25) is 14.6 Å². The Balaban J connectivity index is 1.15. The van der Waals surface area contributed by atoms with Gasteiger partial charge < -0.3 is 15.5 Å². The van der Waals surface area contributed by atoms with Crippen molar-refractivity contribution < 1.29 is 14.0 Å². The molecule has 1 aliphatic carbocycles. The molecule has 1 saturated heterocycles. The second kappa shape index (κ2) is 9.43. The highest BCUT2D eigenvalue weighted by Crippen LogP contribution is 2.38. The van der Waals surface area contributed by atoms with Crippen molar-refractivity contribution in [1.29, 1.82) is 5.26 Å². The van der Waals surface area contributed by atoms with E-state index in [-0.39, 0.29) is 11.6 Å². The largest absolute Gasteiger partial charge is 0.368 e. The third-order valence-electron chi connectivity index (χ3n) is 7.68. The van der Waals surface area contributed by atoms with Gasteiger partial charge in [-0.2, -0.15) is 5.26 Å². The Labute approximate surface area is 224 Å². The van der Waals surface area contributed by atoms with Crippen molar-refractivity contribution in [3.63, 3.8) is 0 Å². The van der Waals surface area contributed by atoms with Gasteiger partial charge in [0.15, 0.2) is 5.82 Å². The van der Waals surface area contributed by atoms with Crippen LogP contribution in [0.5, 0.6) is 0 Å². The van der Waals surface area contributed by atoms with E-state index < -0.39 is 17.4 Å². The van der Waals surface area contributed by atoms with Crippen LogP contribution in [0.15, 0.2) is 24.5 Å². The molecule has 0 bridgehead atoms. The van der Waals surface area contributed by atoms with Crippen molar-refractivity contribution in [2.75, 3.05) is 47.8 Å². The van der Waals surface area contributed by atoms with E-state index in [1.807, 2.05) is 19.9 Å². The van der Waals surface area contributed by atoms with Crippen LogP contribution in [0.1, 0.15) is 41.5 Å². The highest BCUT2D eigenvalue weighted by Gasteiger charge is 2.45. The predicted octanol–water partition coefficient (Wildman–Crippen LogP) is 2.95. The van der Waals surface area contributed by atoms with Gasteiger partial charge in [0.2, 0.25) is 0 Å². The summed E-state index contributed by atoms with van der Waals surface area (Å²) in [6.45, 7) is 7.32. The number of amides is 3. The van der Waals surface area contributed by atoms with Crippen molar-refractivity contribution in [2.24, 2.45) is 0 Å². The number of nitrogens with one attached hydrogen (secondary N) is 2. The van der Waals surface area contributed by atoms with Gasteiger partial charge in [0.25, 0.3) is 5.91 Å². The molecule has 2 aliphatic heterocycles. The summed E-state index contributed by atoms with van der Waals surface area (Å²) >= 11 is 0. The van der Waals surface area contributed by atoms with Crippen molar-refractivity contribution in [2.45, 2.75) is 38.8 Å². The fraction of sp³-hybridized carbons (Fsp3) is 0.407. The third-order valence-corrected chi connectivity index (χ3v) is 7.68. The van der Waals surface area contributed by atoms with E-state index in [4.69, 9.17) is 0 Å². The maximum atomic E-state index is 15.6. The molecule has 6 rings (SSSR count). The molecule has 200 valence electrons. The summed E-state index contributed by atoms with van der Waals surface area (Å²) in [6, 6.07) is 7.09. The van der Waals surface area contributed by atoms with Crippen molar-refractivity contribution in [1.82, 2.24) is 25.2 Å². The molecule has 1 aromatic carbocycles. The minimum Gasteiger partial charge on any atom is -0.368 e. The molecule has 4 heterocycles. The van der Waals surface area contributed by atoms with Crippen LogP contribution in [0, 0.1) is 24.1 Å². The fourth-order valence-corrected chi connectivity index (χ4v) is 5.31. The molecule has 2 N–H and O–H groups in total. The minimum absolute atomic E-state index is 0.139. The van der Waals surface area contributed by atoms with Gasteiger partial charge in [0, 0.05) is 44.8 Å². The summed E-state index contributed by atoms with van der Waals surface area (Å²) in [5, 5.41) is 15.2. The topological polar surface area (TPSA) is 130 Å².